The van der Waals surface area contributed by atoms with Crippen LogP contribution in [0, 0.1) is 11.3 Å². The van der Waals surface area contributed by atoms with E-state index in [1.807, 2.05) is 30.3 Å². The van der Waals surface area contributed by atoms with Crippen molar-refractivity contribution in [3.63, 3.8) is 0 Å². The summed E-state index contributed by atoms with van der Waals surface area (Å²) in [4.78, 5) is 39.6. The first-order valence-electron chi connectivity index (χ1n) is 13.0. The van der Waals surface area contributed by atoms with Crippen LogP contribution < -0.4 is 21.7 Å². The van der Waals surface area contributed by atoms with Crippen molar-refractivity contribution in [1.82, 2.24) is 20.9 Å². The highest BCUT2D eigenvalue weighted by Crippen LogP contribution is 2.27. The van der Waals surface area contributed by atoms with Crippen LogP contribution in [0.2, 0.25) is 0 Å². The van der Waals surface area contributed by atoms with Gasteiger partial charge in [0.25, 0.3) is 0 Å². The number of likely N-dealkylation sites (tertiary alicyclic amines) is 1. The highest BCUT2D eigenvalue weighted by atomic mass is 16.4. The molecule has 1 aromatic rings. The first-order chi connectivity index (χ1) is 17.3. The normalized spacial score (nSPS) is 18.7. The lowest BCUT2D eigenvalue weighted by Crippen LogP contribution is -2.57. The SMILES string of the molecule is N=C(N)N1CCC(NC(=O)[C@@H](Cc2ccccc2)NC(=O)C(CC2CCCCC2)NCC(=O)O)CC1. The van der Waals surface area contributed by atoms with Gasteiger partial charge in [-0.25, -0.2) is 0 Å². The third-order valence-corrected chi connectivity index (χ3v) is 7.21. The molecule has 2 fully saturated rings. The molecule has 1 unspecified atom stereocenters. The van der Waals surface area contributed by atoms with Gasteiger partial charge in [0.15, 0.2) is 5.96 Å². The zero-order chi connectivity index (χ0) is 25.9. The Balaban J connectivity index is 1.67. The summed E-state index contributed by atoms with van der Waals surface area (Å²) >= 11 is 0. The van der Waals surface area contributed by atoms with Crippen LogP contribution in [0.4, 0.5) is 0 Å². The molecule has 2 aliphatic rings. The number of carbonyl (C=O) groups excluding carboxylic acids is 2. The van der Waals surface area contributed by atoms with Crippen LogP contribution in [0.3, 0.4) is 0 Å². The number of benzene rings is 1. The van der Waals surface area contributed by atoms with Crippen molar-refractivity contribution in [1.29, 1.82) is 5.41 Å². The average Bonchev–Trinajstić information content (AvgIpc) is 2.87. The smallest absolute Gasteiger partial charge is 0.317 e. The van der Waals surface area contributed by atoms with Crippen molar-refractivity contribution in [2.24, 2.45) is 11.7 Å². The van der Waals surface area contributed by atoms with Gasteiger partial charge in [0.2, 0.25) is 11.8 Å². The summed E-state index contributed by atoms with van der Waals surface area (Å²) in [5, 5.41) is 25.6. The zero-order valence-corrected chi connectivity index (χ0v) is 20.9. The van der Waals surface area contributed by atoms with Gasteiger partial charge in [0.05, 0.1) is 12.6 Å². The number of guanidine groups is 1. The largest absolute Gasteiger partial charge is 0.480 e. The summed E-state index contributed by atoms with van der Waals surface area (Å²) in [6.45, 7) is 0.881. The highest BCUT2D eigenvalue weighted by molar-refractivity contribution is 5.90. The minimum absolute atomic E-state index is 0.0341. The van der Waals surface area contributed by atoms with E-state index in [9.17, 15) is 14.4 Å². The number of hydrogen-bond acceptors (Lipinski definition) is 5. The Morgan fingerprint density at radius 1 is 1.00 bits per heavy atom. The van der Waals surface area contributed by atoms with Gasteiger partial charge in [0.1, 0.15) is 6.04 Å². The molecular weight excluding hydrogens is 460 g/mol. The Kier molecular flexibility index (Phi) is 10.5. The highest BCUT2D eigenvalue weighted by Gasteiger charge is 2.30. The van der Waals surface area contributed by atoms with Crippen molar-refractivity contribution in [2.45, 2.75) is 75.9 Å². The van der Waals surface area contributed by atoms with Crippen molar-refractivity contribution < 1.29 is 19.5 Å². The second-order valence-corrected chi connectivity index (χ2v) is 9.97. The third-order valence-electron chi connectivity index (χ3n) is 7.21. The van der Waals surface area contributed by atoms with E-state index < -0.39 is 18.1 Å². The number of nitrogens with zero attached hydrogens (tertiary/aromatic N) is 1. The van der Waals surface area contributed by atoms with E-state index in [0.717, 1.165) is 31.2 Å². The maximum Gasteiger partial charge on any atom is 0.317 e. The van der Waals surface area contributed by atoms with Crippen molar-refractivity contribution in [3.05, 3.63) is 35.9 Å². The Labute approximate surface area is 212 Å². The number of hydrogen-bond donors (Lipinski definition) is 6. The van der Waals surface area contributed by atoms with E-state index in [2.05, 4.69) is 16.0 Å². The number of nitrogens with one attached hydrogen (secondary N) is 4. The molecule has 1 saturated carbocycles. The lowest BCUT2D eigenvalue weighted by molar-refractivity contribution is -0.136. The molecular formula is C26H40N6O4. The molecule has 0 aromatic heterocycles. The summed E-state index contributed by atoms with van der Waals surface area (Å²) in [6, 6.07) is 8.00. The molecule has 198 valence electrons. The number of carbonyl (C=O) groups is 3. The first-order valence-corrected chi connectivity index (χ1v) is 13.0. The van der Waals surface area contributed by atoms with E-state index in [1.165, 1.54) is 6.42 Å². The van der Waals surface area contributed by atoms with Gasteiger partial charge in [-0.2, -0.15) is 0 Å². The van der Waals surface area contributed by atoms with Crippen LogP contribution >= 0.6 is 0 Å². The Morgan fingerprint density at radius 3 is 2.28 bits per heavy atom. The fraction of sp³-hybridized carbons (Fsp3) is 0.615. The van der Waals surface area contributed by atoms with E-state index in [4.69, 9.17) is 16.2 Å². The number of carboxylic acid groups (broad SMARTS) is 1. The van der Waals surface area contributed by atoms with Crippen LogP contribution in [0.25, 0.3) is 0 Å². The number of piperidine rings is 1. The standard InChI is InChI=1S/C26H40N6O4/c27-26(28)32-13-11-20(12-14-32)30-25(36)22(16-19-9-5-2-6-10-19)31-24(35)21(29-17-23(33)34)15-18-7-3-1-4-8-18/h2,5-6,9-10,18,20-22,29H,1,3-4,7-8,11-17H2,(H3,27,28)(H,30,36)(H,31,35)(H,33,34)/t21?,22-/m1/s1. The van der Waals surface area contributed by atoms with E-state index in [-0.39, 0.29) is 30.4 Å². The van der Waals surface area contributed by atoms with E-state index >= 15 is 0 Å². The van der Waals surface area contributed by atoms with Gasteiger partial charge in [-0.3, -0.25) is 25.1 Å². The molecule has 36 heavy (non-hydrogen) atoms. The van der Waals surface area contributed by atoms with Crippen molar-refractivity contribution in [3.8, 4) is 0 Å². The summed E-state index contributed by atoms with van der Waals surface area (Å²) in [5.74, 6) is -1.23. The zero-order valence-electron chi connectivity index (χ0n) is 20.9. The third kappa shape index (κ3) is 8.82. The fourth-order valence-corrected chi connectivity index (χ4v) is 5.15. The van der Waals surface area contributed by atoms with Crippen molar-refractivity contribution in [2.75, 3.05) is 19.6 Å². The summed E-state index contributed by atoms with van der Waals surface area (Å²) in [6.07, 6.45) is 7.74. The van der Waals surface area contributed by atoms with Crippen LogP contribution in [-0.4, -0.2) is 71.5 Å². The fourth-order valence-electron chi connectivity index (χ4n) is 5.15. The maximum atomic E-state index is 13.4. The molecule has 2 amide bonds. The minimum atomic E-state index is -1.02. The number of amides is 2. The maximum absolute atomic E-state index is 13.4. The number of nitrogens with two attached hydrogens (primary N) is 1. The Hall–Kier alpha value is -3.14. The number of rotatable bonds is 11. The van der Waals surface area contributed by atoms with Gasteiger partial charge in [0, 0.05) is 25.6 Å². The van der Waals surface area contributed by atoms with Crippen LogP contribution in [0.5, 0.6) is 0 Å². The molecule has 10 heteroatoms. The molecule has 10 nitrogen and oxygen atoms in total. The van der Waals surface area contributed by atoms with Crippen LogP contribution in [-0.2, 0) is 20.8 Å². The summed E-state index contributed by atoms with van der Waals surface area (Å²) < 4.78 is 0. The molecule has 1 aliphatic heterocycles. The molecule has 1 aliphatic carbocycles. The van der Waals surface area contributed by atoms with E-state index in [0.29, 0.717) is 44.7 Å². The molecule has 0 bridgehead atoms. The monoisotopic (exact) mass is 500 g/mol. The molecule has 7 N–H and O–H groups in total. The van der Waals surface area contributed by atoms with Gasteiger partial charge < -0.3 is 26.4 Å². The molecule has 1 aromatic carbocycles. The van der Waals surface area contributed by atoms with E-state index in [1.54, 1.807) is 4.90 Å². The topological polar surface area (TPSA) is 161 Å². The van der Waals surface area contributed by atoms with Crippen molar-refractivity contribution >= 4 is 23.7 Å². The second-order valence-electron chi connectivity index (χ2n) is 9.97. The van der Waals surface area contributed by atoms with Gasteiger partial charge in [-0.15, -0.1) is 0 Å². The van der Waals surface area contributed by atoms with Gasteiger partial charge >= 0.3 is 5.97 Å². The first kappa shape index (κ1) is 27.4. The Bertz CT molecular complexity index is 882. The van der Waals surface area contributed by atoms with Crippen LogP contribution in [0.1, 0.15) is 56.9 Å². The molecule has 3 rings (SSSR count). The molecule has 0 spiro atoms. The second kappa shape index (κ2) is 13.8. The number of carboxylic acids is 1. The molecule has 0 radical (unpaired) electrons. The van der Waals surface area contributed by atoms with Gasteiger partial charge in [-0.1, -0.05) is 62.4 Å². The molecule has 1 saturated heterocycles. The quantitative estimate of drug-likeness (QED) is 0.197. The van der Waals surface area contributed by atoms with Gasteiger partial charge in [-0.05, 0) is 30.7 Å². The lowest BCUT2D eigenvalue weighted by atomic mass is 9.84. The average molecular weight is 501 g/mol. The predicted molar refractivity (Wildman–Crippen MR) is 137 cm³/mol. The minimum Gasteiger partial charge on any atom is -0.480 e. The predicted octanol–water partition coefficient (Wildman–Crippen LogP) is 1.20. The summed E-state index contributed by atoms with van der Waals surface area (Å²) in [7, 11) is 0. The molecule has 2 atom stereocenters. The summed E-state index contributed by atoms with van der Waals surface area (Å²) in [5.41, 5.74) is 6.50. The Morgan fingerprint density at radius 2 is 1.67 bits per heavy atom. The molecule has 1 heterocycles. The lowest BCUT2D eigenvalue weighted by Gasteiger charge is -2.33. The number of aliphatic carboxylic acids is 1. The van der Waals surface area contributed by atoms with Crippen LogP contribution in [0.15, 0.2) is 30.3 Å².